The van der Waals surface area contributed by atoms with Gasteiger partial charge in [0.05, 0.1) is 18.5 Å². The van der Waals surface area contributed by atoms with E-state index in [1.807, 2.05) is 18.2 Å². The zero-order valence-corrected chi connectivity index (χ0v) is 9.12. The first kappa shape index (κ1) is 9.51. The number of rotatable bonds is 2. The van der Waals surface area contributed by atoms with E-state index in [0.29, 0.717) is 5.92 Å². The van der Waals surface area contributed by atoms with Crippen molar-refractivity contribution < 1.29 is 9.53 Å². The molecule has 0 radical (unpaired) electrons. The molecule has 4 heteroatoms. The average Bonchev–Trinajstić information content (AvgIpc) is 3.11. The summed E-state index contributed by atoms with van der Waals surface area (Å²) in [6.07, 6.45) is 2.30. The maximum atomic E-state index is 11.8. The molecular formula is C12H14N2O2. The third-order valence-corrected chi connectivity index (χ3v) is 3.17. The van der Waals surface area contributed by atoms with Crippen LogP contribution in [0, 0.1) is 5.92 Å². The summed E-state index contributed by atoms with van der Waals surface area (Å²) >= 11 is 0. The van der Waals surface area contributed by atoms with E-state index in [1.165, 1.54) is 0 Å². The van der Waals surface area contributed by atoms with Gasteiger partial charge in [-0.1, -0.05) is 0 Å². The summed E-state index contributed by atoms with van der Waals surface area (Å²) in [7, 11) is 1.62. The number of carbonyl (C=O) groups is 1. The highest BCUT2D eigenvalue weighted by Crippen LogP contribution is 2.39. The molecule has 4 nitrogen and oxygen atoms in total. The molecule has 16 heavy (non-hydrogen) atoms. The van der Waals surface area contributed by atoms with E-state index in [2.05, 4.69) is 10.6 Å². The van der Waals surface area contributed by atoms with Crippen LogP contribution in [0.4, 0.5) is 11.4 Å². The van der Waals surface area contributed by atoms with Crippen LogP contribution in [0.15, 0.2) is 18.2 Å². The minimum Gasteiger partial charge on any atom is -0.497 e. The quantitative estimate of drug-likeness (QED) is 0.796. The molecule has 0 saturated heterocycles. The summed E-state index contributed by atoms with van der Waals surface area (Å²) in [5.41, 5.74) is 1.79. The highest BCUT2D eigenvalue weighted by Gasteiger charge is 2.38. The Morgan fingerprint density at radius 2 is 2.12 bits per heavy atom. The molecule has 1 saturated carbocycles. The van der Waals surface area contributed by atoms with Crippen LogP contribution in [-0.2, 0) is 4.79 Å². The van der Waals surface area contributed by atoms with Crippen LogP contribution in [0.5, 0.6) is 5.75 Å². The van der Waals surface area contributed by atoms with Crippen LogP contribution in [0.25, 0.3) is 0 Å². The fraction of sp³-hybridized carbons (Fsp3) is 0.417. The van der Waals surface area contributed by atoms with E-state index in [-0.39, 0.29) is 11.9 Å². The molecule has 84 valence electrons. The van der Waals surface area contributed by atoms with Gasteiger partial charge < -0.3 is 15.4 Å². The number of hydrogen-bond donors (Lipinski definition) is 2. The molecule has 2 aliphatic rings. The molecule has 1 aromatic carbocycles. The predicted octanol–water partition coefficient (Wildman–Crippen LogP) is 1.84. The monoisotopic (exact) mass is 218 g/mol. The van der Waals surface area contributed by atoms with Gasteiger partial charge in [-0.15, -0.1) is 0 Å². The van der Waals surface area contributed by atoms with Crippen molar-refractivity contribution in [3.05, 3.63) is 18.2 Å². The summed E-state index contributed by atoms with van der Waals surface area (Å²) in [5, 5.41) is 6.22. The van der Waals surface area contributed by atoms with Crippen LogP contribution in [0.3, 0.4) is 0 Å². The topological polar surface area (TPSA) is 50.4 Å². The molecule has 3 rings (SSSR count). The molecule has 1 amide bonds. The van der Waals surface area contributed by atoms with Gasteiger partial charge in [0.15, 0.2) is 0 Å². The minimum atomic E-state index is -0.0547. The van der Waals surface area contributed by atoms with Gasteiger partial charge in [-0.05, 0) is 30.9 Å². The van der Waals surface area contributed by atoms with E-state index in [9.17, 15) is 4.79 Å². The van der Waals surface area contributed by atoms with Crippen molar-refractivity contribution in [2.24, 2.45) is 5.92 Å². The lowest BCUT2D eigenvalue weighted by Crippen LogP contribution is -2.40. The third-order valence-electron chi connectivity index (χ3n) is 3.17. The Morgan fingerprint density at radius 3 is 2.81 bits per heavy atom. The Kier molecular flexibility index (Phi) is 2.02. The third kappa shape index (κ3) is 1.50. The first-order valence-electron chi connectivity index (χ1n) is 5.53. The second-order valence-electron chi connectivity index (χ2n) is 4.36. The van der Waals surface area contributed by atoms with Gasteiger partial charge in [0, 0.05) is 6.07 Å². The van der Waals surface area contributed by atoms with Crippen molar-refractivity contribution >= 4 is 17.3 Å². The Labute approximate surface area is 94.0 Å². The Bertz CT molecular complexity index is 441. The lowest BCUT2D eigenvalue weighted by Gasteiger charge is -2.27. The lowest BCUT2D eigenvalue weighted by molar-refractivity contribution is -0.117. The van der Waals surface area contributed by atoms with Gasteiger partial charge in [0.25, 0.3) is 0 Å². The maximum absolute atomic E-state index is 11.8. The molecule has 1 heterocycles. The Balaban J connectivity index is 1.91. The SMILES string of the molecule is COc1ccc2c(c1)NC(=O)C(C1CC1)N2. The first-order valence-corrected chi connectivity index (χ1v) is 5.53. The summed E-state index contributed by atoms with van der Waals surface area (Å²) in [4.78, 5) is 11.8. The zero-order chi connectivity index (χ0) is 11.1. The maximum Gasteiger partial charge on any atom is 0.247 e. The highest BCUT2D eigenvalue weighted by atomic mass is 16.5. The van der Waals surface area contributed by atoms with Gasteiger partial charge in [0.1, 0.15) is 11.8 Å². The average molecular weight is 218 g/mol. The van der Waals surface area contributed by atoms with Crippen LogP contribution >= 0.6 is 0 Å². The zero-order valence-electron chi connectivity index (χ0n) is 9.12. The Hall–Kier alpha value is -1.71. The molecule has 1 aliphatic heterocycles. The number of ether oxygens (including phenoxy) is 1. The second-order valence-corrected chi connectivity index (χ2v) is 4.36. The molecule has 1 atom stereocenters. The van der Waals surface area contributed by atoms with Gasteiger partial charge in [-0.25, -0.2) is 0 Å². The van der Waals surface area contributed by atoms with E-state index in [0.717, 1.165) is 30.0 Å². The number of fused-ring (bicyclic) bond motifs is 1. The molecule has 1 fully saturated rings. The van der Waals surface area contributed by atoms with E-state index < -0.39 is 0 Å². The lowest BCUT2D eigenvalue weighted by atomic mass is 10.1. The number of nitrogens with one attached hydrogen (secondary N) is 2. The van der Waals surface area contributed by atoms with E-state index >= 15 is 0 Å². The highest BCUT2D eigenvalue weighted by molar-refractivity contribution is 6.03. The fourth-order valence-electron chi connectivity index (χ4n) is 2.08. The van der Waals surface area contributed by atoms with Crippen molar-refractivity contribution in [3.8, 4) is 5.75 Å². The van der Waals surface area contributed by atoms with Crippen molar-refractivity contribution in [3.63, 3.8) is 0 Å². The van der Waals surface area contributed by atoms with Gasteiger partial charge >= 0.3 is 0 Å². The summed E-state index contributed by atoms with van der Waals surface area (Å²) < 4.78 is 5.12. The van der Waals surface area contributed by atoms with Crippen LogP contribution in [0.1, 0.15) is 12.8 Å². The predicted molar refractivity (Wildman–Crippen MR) is 61.8 cm³/mol. The molecule has 1 unspecified atom stereocenters. The molecule has 0 spiro atoms. The van der Waals surface area contributed by atoms with Gasteiger partial charge in [-0.3, -0.25) is 4.79 Å². The normalized spacial score (nSPS) is 23.1. The summed E-state index contributed by atoms with van der Waals surface area (Å²) in [5.74, 6) is 1.34. The minimum absolute atomic E-state index is 0.0547. The standard InChI is InChI=1S/C12H14N2O2/c1-16-8-4-5-9-10(6-8)14-12(15)11(13-9)7-2-3-7/h4-7,11,13H,2-3H2,1H3,(H,14,15). The fourth-order valence-corrected chi connectivity index (χ4v) is 2.08. The molecular weight excluding hydrogens is 204 g/mol. The van der Waals surface area contributed by atoms with Crippen molar-refractivity contribution in [2.45, 2.75) is 18.9 Å². The number of amides is 1. The van der Waals surface area contributed by atoms with Crippen LogP contribution in [0.2, 0.25) is 0 Å². The van der Waals surface area contributed by atoms with Crippen molar-refractivity contribution in [1.29, 1.82) is 0 Å². The number of anilines is 2. The van der Waals surface area contributed by atoms with Crippen LogP contribution < -0.4 is 15.4 Å². The van der Waals surface area contributed by atoms with Crippen LogP contribution in [-0.4, -0.2) is 19.1 Å². The second kappa shape index (κ2) is 3.40. The number of hydrogen-bond acceptors (Lipinski definition) is 3. The molecule has 0 aromatic heterocycles. The van der Waals surface area contributed by atoms with E-state index in [4.69, 9.17) is 4.74 Å². The van der Waals surface area contributed by atoms with E-state index in [1.54, 1.807) is 7.11 Å². The number of benzene rings is 1. The van der Waals surface area contributed by atoms with Crippen molar-refractivity contribution in [1.82, 2.24) is 0 Å². The molecule has 1 aliphatic carbocycles. The largest absolute Gasteiger partial charge is 0.497 e. The van der Waals surface area contributed by atoms with Gasteiger partial charge in [-0.2, -0.15) is 0 Å². The molecule has 0 bridgehead atoms. The first-order chi connectivity index (χ1) is 7.78. The smallest absolute Gasteiger partial charge is 0.247 e. The van der Waals surface area contributed by atoms with Crippen molar-refractivity contribution in [2.75, 3.05) is 17.7 Å². The van der Waals surface area contributed by atoms with Gasteiger partial charge in [0.2, 0.25) is 5.91 Å². The summed E-state index contributed by atoms with van der Waals surface area (Å²) in [6, 6.07) is 5.63. The molecule has 2 N–H and O–H groups in total. The summed E-state index contributed by atoms with van der Waals surface area (Å²) in [6.45, 7) is 0. The molecule has 1 aromatic rings. The Morgan fingerprint density at radius 1 is 1.31 bits per heavy atom. The number of carbonyl (C=O) groups excluding carboxylic acids is 1. The number of methoxy groups -OCH3 is 1.